The average Bonchev–Trinajstić information content (AvgIpc) is 2.64. The van der Waals surface area contributed by atoms with Gasteiger partial charge in [0.25, 0.3) is 5.91 Å². The fourth-order valence-electron chi connectivity index (χ4n) is 2.64. The Hall–Kier alpha value is -3.13. The van der Waals surface area contributed by atoms with Gasteiger partial charge < -0.3 is 4.74 Å². The second kappa shape index (κ2) is 5.93. The highest BCUT2D eigenvalue weighted by atomic mass is 16.6. The first kappa shape index (κ1) is 14.8. The molecule has 3 rings (SSSR count). The molecule has 0 radical (unpaired) electrons. The third-order valence-corrected chi connectivity index (χ3v) is 3.70. The van der Waals surface area contributed by atoms with Crippen LogP contribution in [0.5, 0.6) is 0 Å². The van der Waals surface area contributed by atoms with E-state index in [1.807, 2.05) is 19.1 Å². The number of anilines is 1. The molecule has 114 valence electrons. The van der Waals surface area contributed by atoms with Gasteiger partial charge in [0.05, 0.1) is 18.2 Å². The van der Waals surface area contributed by atoms with Crippen molar-refractivity contribution in [3.05, 3.63) is 65.2 Å². The second-order valence-corrected chi connectivity index (χ2v) is 5.30. The van der Waals surface area contributed by atoms with Gasteiger partial charge in [-0.25, -0.2) is 9.69 Å². The number of hydrogen-bond acceptors (Lipinski definition) is 4. The molecule has 23 heavy (non-hydrogen) atoms. The largest absolute Gasteiger partial charge is 0.440 e. The van der Waals surface area contributed by atoms with Crippen molar-refractivity contribution in [2.24, 2.45) is 0 Å². The fraction of sp³-hybridized carbons (Fsp3) is 0.167. The summed E-state index contributed by atoms with van der Waals surface area (Å²) in [5, 5.41) is 8.97. The molecule has 2 aromatic rings. The van der Waals surface area contributed by atoms with Gasteiger partial charge in [-0.3, -0.25) is 4.79 Å². The molecule has 1 aliphatic rings. The predicted molar refractivity (Wildman–Crippen MR) is 83.9 cm³/mol. The number of rotatable bonds is 2. The second-order valence-electron chi connectivity index (χ2n) is 5.30. The van der Waals surface area contributed by atoms with Crippen LogP contribution in [-0.4, -0.2) is 12.0 Å². The first-order valence-corrected chi connectivity index (χ1v) is 7.19. The number of nitriles is 1. The van der Waals surface area contributed by atoms with E-state index in [0.717, 1.165) is 10.5 Å². The summed E-state index contributed by atoms with van der Waals surface area (Å²) >= 11 is 0. The molecule has 5 heteroatoms. The Bertz CT molecular complexity index is 823. The maximum atomic E-state index is 12.9. The number of ether oxygens (including phenoxy) is 1. The SMILES string of the molecule is Cc1cccc(N2C(=O)OC(CC#N)c3ccccc3C2=O)c1. The minimum absolute atomic E-state index is 0.00229. The van der Waals surface area contributed by atoms with Crippen LogP contribution in [0.15, 0.2) is 48.5 Å². The smallest absolute Gasteiger partial charge is 0.422 e. The number of fused-ring (bicyclic) bond motifs is 1. The van der Waals surface area contributed by atoms with Crippen LogP contribution in [0.1, 0.15) is 34.0 Å². The number of nitrogens with zero attached hydrogens (tertiary/aromatic N) is 2. The van der Waals surface area contributed by atoms with Gasteiger partial charge in [-0.1, -0.05) is 30.3 Å². The van der Waals surface area contributed by atoms with E-state index >= 15 is 0 Å². The Balaban J connectivity index is 2.13. The lowest BCUT2D eigenvalue weighted by Crippen LogP contribution is -2.35. The van der Waals surface area contributed by atoms with Crippen molar-refractivity contribution >= 4 is 17.7 Å². The van der Waals surface area contributed by atoms with E-state index in [9.17, 15) is 9.59 Å². The van der Waals surface area contributed by atoms with Crippen LogP contribution in [-0.2, 0) is 4.74 Å². The Morgan fingerprint density at radius 3 is 2.70 bits per heavy atom. The lowest BCUT2D eigenvalue weighted by Gasteiger charge is -2.19. The Kier molecular flexibility index (Phi) is 3.82. The zero-order valence-corrected chi connectivity index (χ0v) is 12.5. The number of imide groups is 1. The van der Waals surface area contributed by atoms with Gasteiger partial charge in [0, 0.05) is 11.1 Å². The van der Waals surface area contributed by atoms with Gasteiger partial charge in [0.15, 0.2) is 0 Å². The molecule has 0 aromatic heterocycles. The van der Waals surface area contributed by atoms with Crippen molar-refractivity contribution in [2.75, 3.05) is 4.90 Å². The predicted octanol–water partition coefficient (Wildman–Crippen LogP) is 3.75. The summed E-state index contributed by atoms with van der Waals surface area (Å²) in [5.74, 6) is -0.448. The Morgan fingerprint density at radius 1 is 1.17 bits per heavy atom. The van der Waals surface area contributed by atoms with Gasteiger partial charge in [-0.2, -0.15) is 5.26 Å². The quantitative estimate of drug-likeness (QED) is 0.847. The first-order chi connectivity index (χ1) is 11.1. The molecular formula is C18H14N2O3. The van der Waals surface area contributed by atoms with Crippen LogP contribution in [0.3, 0.4) is 0 Å². The van der Waals surface area contributed by atoms with Crippen LogP contribution in [0.2, 0.25) is 0 Å². The van der Waals surface area contributed by atoms with Crippen molar-refractivity contribution in [2.45, 2.75) is 19.4 Å². The zero-order chi connectivity index (χ0) is 16.4. The van der Waals surface area contributed by atoms with Gasteiger partial charge >= 0.3 is 6.09 Å². The Morgan fingerprint density at radius 2 is 1.96 bits per heavy atom. The summed E-state index contributed by atoms with van der Waals surface area (Å²) in [6, 6.07) is 15.9. The lowest BCUT2D eigenvalue weighted by molar-refractivity contribution is 0.0944. The molecular weight excluding hydrogens is 292 g/mol. The molecule has 0 saturated carbocycles. The van der Waals surface area contributed by atoms with E-state index in [0.29, 0.717) is 16.8 Å². The molecule has 1 unspecified atom stereocenters. The molecule has 0 spiro atoms. The summed E-state index contributed by atoms with van der Waals surface area (Å²) in [6.07, 6.45) is -1.52. The normalized spacial score (nSPS) is 17.0. The van der Waals surface area contributed by atoms with E-state index in [1.165, 1.54) is 0 Å². The molecule has 0 saturated heterocycles. The number of aryl methyl sites for hydroxylation is 1. The number of carbonyl (C=O) groups excluding carboxylic acids is 2. The van der Waals surface area contributed by atoms with Gasteiger partial charge in [-0.05, 0) is 30.7 Å². The lowest BCUT2D eigenvalue weighted by atomic mass is 10.00. The number of hydrogen-bond donors (Lipinski definition) is 0. The van der Waals surface area contributed by atoms with E-state index in [4.69, 9.17) is 10.00 Å². The van der Waals surface area contributed by atoms with Crippen LogP contribution < -0.4 is 4.90 Å². The highest BCUT2D eigenvalue weighted by Gasteiger charge is 2.35. The fourth-order valence-corrected chi connectivity index (χ4v) is 2.64. The van der Waals surface area contributed by atoms with E-state index in [-0.39, 0.29) is 6.42 Å². The van der Waals surface area contributed by atoms with Crippen molar-refractivity contribution in [1.82, 2.24) is 0 Å². The summed E-state index contributed by atoms with van der Waals surface area (Å²) in [7, 11) is 0. The number of carbonyl (C=O) groups is 2. The average molecular weight is 306 g/mol. The molecule has 1 heterocycles. The van der Waals surface area contributed by atoms with Crippen LogP contribution in [0, 0.1) is 18.3 Å². The monoisotopic (exact) mass is 306 g/mol. The molecule has 0 aliphatic carbocycles. The molecule has 0 fully saturated rings. The number of benzene rings is 2. The van der Waals surface area contributed by atoms with Crippen molar-refractivity contribution in [3.63, 3.8) is 0 Å². The summed E-state index contributed by atoms with van der Waals surface area (Å²) < 4.78 is 5.40. The topological polar surface area (TPSA) is 70.4 Å². The number of amides is 2. The van der Waals surface area contributed by atoms with Crippen LogP contribution >= 0.6 is 0 Å². The highest BCUT2D eigenvalue weighted by molar-refractivity contribution is 6.20. The van der Waals surface area contributed by atoms with Crippen molar-refractivity contribution in [3.8, 4) is 6.07 Å². The standard InChI is InChI=1S/C18H14N2O3/c1-12-5-4-6-13(11-12)20-17(21)15-8-3-2-7-14(15)16(9-10-19)23-18(20)22/h2-8,11,16H,9H2,1H3. The molecule has 0 N–H and O–H groups in total. The molecule has 0 bridgehead atoms. The minimum Gasteiger partial charge on any atom is -0.440 e. The first-order valence-electron chi connectivity index (χ1n) is 7.19. The van der Waals surface area contributed by atoms with E-state index < -0.39 is 18.1 Å². The minimum atomic E-state index is -0.767. The molecule has 1 atom stereocenters. The van der Waals surface area contributed by atoms with E-state index in [2.05, 4.69) is 0 Å². The van der Waals surface area contributed by atoms with Crippen LogP contribution in [0.25, 0.3) is 0 Å². The summed E-state index contributed by atoms with van der Waals surface area (Å²) in [4.78, 5) is 26.3. The third-order valence-electron chi connectivity index (χ3n) is 3.70. The zero-order valence-electron chi connectivity index (χ0n) is 12.5. The summed E-state index contributed by atoms with van der Waals surface area (Å²) in [5.41, 5.74) is 2.31. The van der Waals surface area contributed by atoms with E-state index in [1.54, 1.807) is 42.5 Å². The maximum absolute atomic E-state index is 12.9. The van der Waals surface area contributed by atoms with Crippen LogP contribution in [0.4, 0.5) is 10.5 Å². The molecule has 5 nitrogen and oxygen atoms in total. The maximum Gasteiger partial charge on any atom is 0.422 e. The molecule has 2 amide bonds. The molecule has 2 aromatic carbocycles. The van der Waals surface area contributed by atoms with Gasteiger partial charge in [-0.15, -0.1) is 0 Å². The van der Waals surface area contributed by atoms with Crippen molar-refractivity contribution < 1.29 is 14.3 Å². The third kappa shape index (κ3) is 2.67. The molecule has 1 aliphatic heterocycles. The Labute approximate surface area is 133 Å². The van der Waals surface area contributed by atoms with Gasteiger partial charge in [0.2, 0.25) is 0 Å². The highest BCUT2D eigenvalue weighted by Crippen LogP contribution is 2.32. The van der Waals surface area contributed by atoms with Gasteiger partial charge in [0.1, 0.15) is 6.10 Å². The van der Waals surface area contributed by atoms with Crippen molar-refractivity contribution in [1.29, 1.82) is 5.26 Å². The summed E-state index contributed by atoms with van der Waals surface area (Å²) in [6.45, 7) is 1.88. The number of cyclic esters (lactones) is 1.